The molecule has 92 valence electrons. The Morgan fingerprint density at radius 3 is 1.93 bits per heavy atom. The molecule has 0 saturated heterocycles. The monoisotopic (exact) mass is 216 g/mol. The van der Waals surface area contributed by atoms with E-state index in [1.54, 1.807) is 0 Å². The second-order valence-corrected chi connectivity index (χ2v) is 4.14. The molecule has 0 heterocycles. The highest BCUT2D eigenvalue weighted by Gasteiger charge is 2.12. The van der Waals surface area contributed by atoms with Crippen molar-refractivity contribution in [3.8, 4) is 0 Å². The van der Waals surface area contributed by atoms with Crippen LogP contribution in [0, 0.1) is 5.92 Å². The van der Waals surface area contributed by atoms with Gasteiger partial charge in [-0.2, -0.15) is 0 Å². The van der Waals surface area contributed by atoms with E-state index in [0.29, 0.717) is 12.3 Å². The molecule has 0 atom stereocenters. The van der Waals surface area contributed by atoms with Gasteiger partial charge in [0, 0.05) is 6.42 Å². The van der Waals surface area contributed by atoms with Crippen LogP contribution in [0.2, 0.25) is 0 Å². The van der Waals surface area contributed by atoms with Gasteiger partial charge in [-0.25, -0.2) is 0 Å². The van der Waals surface area contributed by atoms with E-state index in [0.717, 1.165) is 6.42 Å². The van der Waals surface area contributed by atoms with Crippen LogP contribution >= 0.6 is 0 Å². The molecule has 0 bridgehead atoms. The first-order valence-corrected chi connectivity index (χ1v) is 5.51. The first-order valence-electron chi connectivity index (χ1n) is 5.51. The molecule has 0 aliphatic heterocycles. The first kappa shape index (κ1) is 16.9. The smallest absolute Gasteiger partial charge is 0.303 e. The van der Waals surface area contributed by atoms with E-state index in [-0.39, 0.29) is 14.9 Å². The zero-order chi connectivity index (χ0) is 9.52. The van der Waals surface area contributed by atoms with Gasteiger partial charge in [-0.3, -0.25) is 4.79 Å². The minimum absolute atomic E-state index is 0. The van der Waals surface area contributed by atoms with Crippen LogP contribution in [-0.4, -0.2) is 11.1 Å². The summed E-state index contributed by atoms with van der Waals surface area (Å²) < 4.78 is 0. The summed E-state index contributed by atoms with van der Waals surface area (Å²) in [4.78, 5) is 10.4. The normalized spacial score (nSPS) is 17.9. The Balaban J connectivity index is 0. The van der Waals surface area contributed by atoms with Crippen molar-refractivity contribution in [3.05, 3.63) is 0 Å². The topological polar surface area (TPSA) is 37.3 Å². The number of hydrogen-bond acceptors (Lipinski definition) is 1. The number of carbonyl (C=O) groups is 1. The predicted molar refractivity (Wildman–Crippen MR) is 66.1 cm³/mol. The Bertz CT molecular complexity index is 147. The molecule has 2 nitrogen and oxygen atoms in total. The third kappa shape index (κ3) is 8.46. The summed E-state index contributed by atoms with van der Waals surface area (Å²) in [5.41, 5.74) is 0. The van der Waals surface area contributed by atoms with Crippen molar-refractivity contribution in [1.82, 2.24) is 0 Å². The highest BCUT2D eigenvalue weighted by Crippen LogP contribution is 2.25. The van der Waals surface area contributed by atoms with E-state index in [4.69, 9.17) is 5.11 Å². The quantitative estimate of drug-likeness (QED) is 0.755. The molecule has 0 aromatic heterocycles. The number of hydrogen-bond donors (Lipinski definition) is 1. The van der Waals surface area contributed by atoms with Crippen LogP contribution in [0.4, 0.5) is 0 Å². The standard InChI is InChI=1S/C11H20O2.2CH4/c12-11(13)9-8-10-6-4-2-1-3-5-7-10;;/h10H,1-9H2,(H,12,13);2*1H4. The van der Waals surface area contributed by atoms with Crippen LogP contribution in [0.15, 0.2) is 0 Å². The SMILES string of the molecule is C.C.O=C(O)CCC1CCCCCCC1. The Morgan fingerprint density at radius 1 is 1.00 bits per heavy atom. The molecule has 2 heteroatoms. The van der Waals surface area contributed by atoms with Crippen LogP contribution in [0.5, 0.6) is 0 Å². The lowest BCUT2D eigenvalue weighted by Gasteiger charge is -2.18. The first-order chi connectivity index (χ1) is 6.29. The van der Waals surface area contributed by atoms with E-state index < -0.39 is 5.97 Å². The lowest BCUT2D eigenvalue weighted by molar-refractivity contribution is -0.137. The fourth-order valence-corrected chi connectivity index (χ4v) is 2.16. The average molecular weight is 216 g/mol. The zero-order valence-electron chi connectivity index (χ0n) is 8.30. The van der Waals surface area contributed by atoms with Crippen molar-refractivity contribution in [2.75, 3.05) is 0 Å². The summed E-state index contributed by atoms with van der Waals surface area (Å²) in [5.74, 6) is 0.0541. The second-order valence-electron chi connectivity index (χ2n) is 4.14. The third-order valence-electron chi connectivity index (χ3n) is 2.99. The summed E-state index contributed by atoms with van der Waals surface area (Å²) in [6.07, 6.45) is 10.5. The van der Waals surface area contributed by atoms with Crippen LogP contribution in [-0.2, 0) is 4.79 Å². The molecule has 0 amide bonds. The molecule has 0 aromatic carbocycles. The summed E-state index contributed by atoms with van der Waals surface area (Å²) >= 11 is 0. The van der Waals surface area contributed by atoms with Crippen molar-refractivity contribution in [2.45, 2.75) is 72.6 Å². The zero-order valence-corrected chi connectivity index (χ0v) is 8.30. The van der Waals surface area contributed by atoms with Gasteiger partial charge >= 0.3 is 5.97 Å². The van der Waals surface area contributed by atoms with E-state index in [2.05, 4.69) is 0 Å². The van der Waals surface area contributed by atoms with Crippen molar-refractivity contribution in [2.24, 2.45) is 5.92 Å². The van der Waals surface area contributed by atoms with E-state index >= 15 is 0 Å². The van der Waals surface area contributed by atoms with Gasteiger partial charge in [0.25, 0.3) is 0 Å². The Hall–Kier alpha value is -0.530. The van der Waals surface area contributed by atoms with Crippen molar-refractivity contribution in [3.63, 3.8) is 0 Å². The number of carboxylic acid groups (broad SMARTS) is 1. The van der Waals surface area contributed by atoms with Crippen LogP contribution in [0.1, 0.15) is 72.6 Å². The molecular formula is C13H28O2. The van der Waals surface area contributed by atoms with Crippen molar-refractivity contribution < 1.29 is 9.90 Å². The van der Waals surface area contributed by atoms with Crippen molar-refractivity contribution >= 4 is 5.97 Å². The summed E-state index contributed by atoms with van der Waals surface area (Å²) in [5, 5.41) is 8.57. The molecule has 1 fully saturated rings. The van der Waals surface area contributed by atoms with Crippen LogP contribution in [0.3, 0.4) is 0 Å². The highest BCUT2D eigenvalue weighted by molar-refractivity contribution is 5.66. The average Bonchev–Trinajstić information content (AvgIpc) is 2.01. The molecule has 1 aliphatic carbocycles. The maximum absolute atomic E-state index is 10.4. The van der Waals surface area contributed by atoms with Gasteiger partial charge in [-0.15, -0.1) is 0 Å². The molecule has 15 heavy (non-hydrogen) atoms. The molecule has 1 N–H and O–H groups in total. The molecule has 0 radical (unpaired) electrons. The largest absolute Gasteiger partial charge is 0.481 e. The second kappa shape index (κ2) is 10.0. The predicted octanol–water partition coefficient (Wildman–Crippen LogP) is 4.48. The van der Waals surface area contributed by atoms with Gasteiger partial charge in [0.1, 0.15) is 0 Å². The number of rotatable bonds is 3. The summed E-state index contributed by atoms with van der Waals surface area (Å²) in [7, 11) is 0. The Labute approximate surface area is 95.1 Å². The third-order valence-corrected chi connectivity index (χ3v) is 2.99. The molecule has 0 aromatic rings. The molecule has 1 saturated carbocycles. The lowest BCUT2D eigenvalue weighted by Crippen LogP contribution is -2.06. The lowest BCUT2D eigenvalue weighted by atomic mass is 9.88. The summed E-state index contributed by atoms with van der Waals surface area (Å²) in [6.45, 7) is 0. The Kier molecular flexibility index (Phi) is 11.3. The van der Waals surface area contributed by atoms with Gasteiger partial charge in [-0.05, 0) is 12.3 Å². The van der Waals surface area contributed by atoms with E-state index in [9.17, 15) is 4.79 Å². The van der Waals surface area contributed by atoms with Gasteiger partial charge in [0.15, 0.2) is 0 Å². The number of aliphatic carboxylic acids is 1. The molecule has 0 unspecified atom stereocenters. The molecule has 1 aliphatic rings. The highest BCUT2D eigenvalue weighted by atomic mass is 16.4. The van der Waals surface area contributed by atoms with Gasteiger partial charge < -0.3 is 5.11 Å². The van der Waals surface area contributed by atoms with Gasteiger partial charge in [0.2, 0.25) is 0 Å². The molecular weight excluding hydrogens is 188 g/mol. The van der Waals surface area contributed by atoms with Gasteiger partial charge in [-0.1, -0.05) is 59.8 Å². The number of carboxylic acids is 1. The van der Waals surface area contributed by atoms with Crippen LogP contribution < -0.4 is 0 Å². The minimum Gasteiger partial charge on any atom is -0.481 e. The fraction of sp³-hybridized carbons (Fsp3) is 0.923. The maximum atomic E-state index is 10.4. The Morgan fingerprint density at radius 2 is 1.47 bits per heavy atom. The maximum Gasteiger partial charge on any atom is 0.303 e. The van der Waals surface area contributed by atoms with Gasteiger partial charge in [0.05, 0.1) is 0 Å². The van der Waals surface area contributed by atoms with E-state index in [1.165, 1.54) is 44.9 Å². The molecule has 1 rings (SSSR count). The minimum atomic E-state index is -0.637. The van der Waals surface area contributed by atoms with Crippen LogP contribution in [0.25, 0.3) is 0 Å². The van der Waals surface area contributed by atoms with E-state index in [1.807, 2.05) is 0 Å². The summed E-state index contributed by atoms with van der Waals surface area (Å²) in [6, 6.07) is 0. The fourth-order valence-electron chi connectivity index (χ4n) is 2.16. The molecule has 0 spiro atoms. The van der Waals surface area contributed by atoms with Crippen molar-refractivity contribution in [1.29, 1.82) is 0 Å².